The van der Waals surface area contributed by atoms with Gasteiger partial charge in [0.05, 0.1) is 18.1 Å². The van der Waals surface area contributed by atoms with Gasteiger partial charge in [0.25, 0.3) is 11.1 Å². The first kappa shape index (κ1) is 21.4. The molecular formula is C25H24N6O3. The van der Waals surface area contributed by atoms with E-state index >= 15 is 0 Å². The molecule has 0 bridgehead atoms. The molecule has 0 aliphatic heterocycles. The molecule has 4 aromatic heterocycles. The molecule has 0 unspecified atom stereocenters. The summed E-state index contributed by atoms with van der Waals surface area (Å²) in [6.45, 7) is 3.96. The van der Waals surface area contributed by atoms with Crippen molar-refractivity contribution in [2.75, 3.05) is 0 Å². The Morgan fingerprint density at radius 2 is 1.68 bits per heavy atom. The molecular weight excluding hydrogens is 432 g/mol. The van der Waals surface area contributed by atoms with E-state index in [2.05, 4.69) is 15.3 Å². The Morgan fingerprint density at radius 3 is 2.35 bits per heavy atom. The van der Waals surface area contributed by atoms with Gasteiger partial charge in [0.1, 0.15) is 17.0 Å². The number of hydrogen-bond donors (Lipinski definition) is 1. The number of aromatic nitrogens is 6. The van der Waals surface area contributed by atoms with Crippen molar-refractivity contribution in [3.05, 3.63) is 80.8 Å². The van der Waals surface area contributed by atoms with Gasteiger partial charge in [-0.1, -0.05) is 23.4 Å². The van der Waals surface area contributed by atoms with Crippen LogP contribution in [0.3, 0.4) is 0 Å². The molecule has 0 amide bonds. The number of nitrogens with one attached hydrogen (secondary N) is 1. The number of hydrogen-bond acceptors (Lipinski definition) is 5. The van der Waals surface area contributed by atoms with E-state index in [1.165, 1.54) is 9.13 Å². The highest BCUT2D eigenvalue weighted by Crippen LogP contribution is 2.38. The third-order valence-electron chi connectivity index (χ3n) is 6.06. The van der Waals surface area contributed by atoms with Crippen molar-refractivity contribution in [3.8, 4) is 34.0 Å². The summed E-state index contributed by atoms with van der Waals surface area (Å²) in [7, 11) is 5.15. The predicted molar refractivity (Wildman–Crippen MR) is 130 cm³/mol. The van der Waals surface area contributed by atoms with Crippen molar-refractivity contribution in [1.29, 1.82) is 0 Å². The van der Waals surface area contributed by atoms with Gasteiger partial charge < -0.3 is 18.9 Å². The molecule has 0 aliphatic rings. The fourth-order valence-corrected chi connectivity index (χ4v) is 4.19. The second-order valence-corrected chi connectivity index (χ2v) is 8.50. The van der Waals surface area contributed by atoms with E-state index in [1.54, 1.807) is 50.5 Å². The average Bonchev–Trinajstić information content (AvgIpc) is 3.42. The third kappa shape index (κ3) is 3.42. The van der Waals surface area contributed by atoms with Gasteiger partial charge in [-0.3, -0.25) is 9.59 Å². The molecule has 4 heterocycles. The maximum Gasteiger partial charge on any atom is 0.274 e. The smallest absolute Gasteiger partial charge is 0.274 e. The standard InChI is InChI=1S/C25H24N6O3/c1-14-7-6-8-15(2)24(14)34-21-13-29(3)22(32)10-16(21)18-12-30(4)25(33)23-17(18)9-19(27-23)20-11-26-28-31(20)5/h6-13,27H,1-5H3. The zero-order valence-corrected chi connectivity index (χ0v) is 19.6. The van der Waals surface area contributed by atoms with Gasteiger partial charge in [-0.2, -0.15) is 0 Å². The maximum absolute atomic E-state index is 13.0. The van der Waals surface area contributed by atoms with Crippen molar-refractivity contribution in [1.82, 2.24) is 29.1 Å². The van der Waals surface area contributed by atoms with Crippen LogP contribution in [0, 0.1) is 13.8 Å². The number of pyridine rings is 2. The monoisotopic (exact) mass is 456 g/mol. The Kier molecular flexibility index (Phi) is 4.97. The lowest BCUT2D eigenvalue weighted by atomic mass is 10.0. The van der Waals surface area contributed by atoms with E-state index in [1.807, 2.05) is 38.1 Å². The SMILES string of the molecule is Cc1cccc(C)c1Oc1cn(C)c(=O)cc1-c1cn(C)c(=O)c2[nH]c(-c3cnnn3C)cc12. The van der Waals surface area contributed by atoms with E-state index in [0.717, 1.165) is 22.6 Å². The summed E-state index contributed by atoms with van der Waals surface area (Å²) in [4.78, 5) is 28.9. The highest BCUT2D eigenvalue weighted by atomic mass is 16.5. The molecule has 0 spiro atoms. The number of ether oxygens (including phenoxy) is 1. The van der Waals surface area contributed by atoms with Crippen molar-refractivity contribution in [2.45, 2.75) is 13.8 Å². The number of para-hydroxylation sites is 1. The highest BCUT2D eigenvalue weighted by molar-refractivity contribution is 5.98. The molecule has 34 heavy (non-hydrogen) atoms. The quantitative estimate of drug-likeness (QED) is 0.447. The first-order valence-electron chi connectivity index (χ1n) is 10.8. The molecule has 0 aliphatic carbocycles. The Bertz CT molecular complexity index is 1670. The van der Waals surface area contributed by atoms with E-state index in [-0.39, 0.29) is 11.1 Å². The van der Waals surface area contributed by atoms with Crippen LogP contribution in [0.25, 0.3) is 33.4 Å². The lowest BCUT2D eigenvalue weighted by molar-refractivity contribution is 0.470. The van der Waals surface area contributed by atoms with Crippen molar-refractivity contribution in [3.63, 3.8) is 0 Å². The molecule has 1 N–H and O–H groups in total. The summed E-state index contributed by atoms with van der Waals surface area (Å²) in [5.41, 5.74) is 4.77. The summed E-state index contributed by atoms with van der Waals surface area (Å²) < 4.78 is 11.0. The van der Waals surface area contributed by atoms with Crippen LogP contribution in [0.1, 0.15) is 11.1 Å². The number of rotatable bonds is 4. The largest absolute Gasteiger partial charge is 0.455 e. The average molecular weight is 457 g/mol. The summed E-state index contributed by atoms with van der Waals surface area (Å²) >= 11 is 0. The Hall–Kier alpha value is -4.40. The van der Waals surface area contributed by atoms with Crippen LogP contribution >= 0.6 is 0 Å². The van der Waals surface area contributed by atoms with Crippen LogP contribution in [0.15, 0.2) is 58.5 Å². The van der Waals surface area contributed by atoms with Gasteiger partial charge in [-0.25, -0.2) is 4.68 Å². The number of H-pyrrole nitrogens is 1. The normalized spacial score (nSPS) is 11.3. The number of aromatic amines is 1. The topological polar surface area (TPSA) is 99.7 Å². The van der Waals surface area contributed by atoms with E-state index < -0.39 is 0 Å². The second kappa shape index (κ2) is 7.87. The van der Waals surface area contributed by atoms with Gasteiger partial charge in [0.2, 0.25) is 0 Å². The molecule has 0 saturated carbocycles. The number of fused-ring (bicyclic) bond motifs is 1. The Balaban J connectivity index is 1.79. The van der Waals surface area contributed by atoms with Crippen LogP contribution in [0.4, 0.5) is 0 Å². The van der Waals surface area contributed by atoms with E-state index in [4.69, 9.17) is 4.74 Å². The summed E-state index contributed by atoms with van der Waals surface area (Å²) in [5, 5.41) is 8.59. The highest BCUT2D eigenvalue weighted by Gasteiger charge is 2.19. The molecule has 0 saturated heterocycles. The summed E-state index contributed by atoms with van der Waals surface area (Å²) in [6, 6.07) is 9.36. The summed E-state index contributed by atoms with van der Waals surface area (Å²) in [5.74, 6) is 1.25. The number of nitrogens with zero attached hydrogens (tertiary/aromatic N) is 5. The molecule has 9 heteroatoms. The van der Waals surface area contributed by atoms with Crippen LogP contribution in [-0.4, -0.2) is 29.1 Å². The zero-order chi connectivity index (χ0) is 24.1. The minimum absolute atomic E-state index is 0.179. The van der Waals surface area contributed by atoms with Crippen LogP contribution in [0.2, 0.25) is 0 Å². The van der Waals surface area contributed by atoms with Crippen molar-refractivity contribution >= 4 is 10.9 Å². The molecule has 5 aromatic rings. The second-order valence-electron chi connectivity index (χ2n) is 8.50. The molecule has 5 rings (SSSR count). The fraction of sp³-hybridized carbons (Fsp3) is 0.200. The fourth-order valence-electron chi connectivity index (χ4n) is 4.19. The van der Waals surface area contributed by atoms with Gasteiger partial charge in [0, 0.05) is 49.9 Å². The molecule has 9 nitrogen and oxygen atoms in total. The molecule has 0 fully saturated rings. The van der Waals surface area contributed by atoms with Crippen molar-refractivity contribution < 1.29 is 4.74 Å². The number of benzene rings is 1. The van der Waals surface area contributed by atoms with Gasteiger partial charge in [-0.05, 0) is 31.0 Å². The summed E-state index contributed by atoms with van der Waals surface area (Å²) in [6.07, 6.45) is 5.04. The van der Waals surface area contributed by atoms with Crippen LogP contribution in [-0.2, 0) is 21.1 Å². The van der Waals surface area contributed by atoms with Gasteiger partial charge in [0.15, 0.2) is 5.75 Å². The first-order valence-corrected chi connectivity index (χ1v) is 10.8. The molecule has 0 radical (unpaired) electrons. The lowest BCUT2D eigenvalue weighted by Gasteiger charge is -2.17. The predicted octanol–water partition coefficient (Wildman–Crippen LogP) is 3.44. The van der Waals surface area contributed by atoms with Crippen molar-refractivity contribution in [2.24, 2.45) is 21.1 Å². The maximum atomic E-state index is 13.0. The lowest BCUT2D eigenvalue weighted by Crippen LogP contribution is -2.18. The first-order chi connectivity index (χ1) is 16.2. The molecule has 1 aromatic carbocycles. The molecule has 172 valence electrons. The zero-order valence-electron chi connectivity index (χ0n) is 19.6. The third-order valence-corrected chi connectivity index (χ3v) is 6.06. The van der Waals surface area contributed by atoms with E-state index in [0.29, 0.717) is 33.5 Å². The van der Waals surface area contributed by atoms with Gasteiger partial charge in [-0.15, -0.1) is 5.10 Å². The minimum Gasteiger partial charge on any atom is -0.455 e. The Labute approximate surface area is 194 Å². The van der Waals surface area contributed by atoms with Crippen LogP contribution in [0.5, 0.6) is 11.5 Å². The molecule has 0 atom stereocenters. The van der Waals surface area contributed by atoms with Gasteiger partial charge >= 0.3 is 0 Å². The minimum atomic E-state index is -0.183. The number of aryl methyl sites for hydroxylation is 5. The van der Waals surface area contributed by atoms with E-state index in [9.17, 15) is 9.59 Å². The Morgan fingerprint density at radius 1 is 0.941 bits per heavy atom. The van der Waals surface area contributed by atoms with Crippen LogP contribution < -0.4 is 15.9 Å².